The summed E-state index contributed by atoms with van der Waals surface area (Å²) in [6, 6.07) is 5.13. The Morgan fingerprint density at radius 2 is 2.06 bits per heavy atom. The standard InChI is InChI=1S/C12H10Cl2N2O2/c1-18-12(17)11-10(15)7(5-16-11)6-2-3-8(13)9(14)4-6/h2-5,16H,15H2,1H3. The highest BCUT2D eigenvalue weighted by atomic mass is 35.5. The Balaban J connectivity index is 2.48. The van der Waals surface area contributed by atoms with E-state index in [4.69, 9.17) is 28.9 Å². The average Bonchev–Trinajstić information content (AvgIpc) is 2.74. The minimum absolute atomic E-state index is 0.221. The summed E-state index contributed by atoms with van der Waals surface area (Å²) in [7, 11) is 1.29. The van der Waals surface area contributed by atoms with Crippen LogP contribution in [0.15, 0.2) is 24.4 Å². The summed E-state index contributed by atoms with van der Waals surface area (Å²) >= 11 is 11.8. The lowest BCUT2D eigenvalue weighted by atomic mass is 10.1. The summed E-state index contributed by atoms with van der Waals surface area (Å²) in [5, 5.41) is 0.886. The van der Waals surface area contributed by atoms with Gasteiger partial charge in [-0.3, -0.25) is 0 Å². The highest BCUT2D eigenvalue weighted by Crippen LogP contribution is 2.33. The van der Waals surface area contributed by atoms with Crippen molar-refractivity contribution in [2.24, 2.45) is 0 Å². The number of nitrogens with two attached hydrogens (primary N) is 1. The lowest BCUT2D eigenvalue weighted by Gasteiger charge is -2.03. The van der Waals surface area contributed by atoms with Gasteiger partial charge in [-0.25, -0.2) is 4.79 Å². The highest BCUT2D eigenvalue weighted by Gasteiger charge is 2.16. The van der Waals surface area contributed by atoms with E-state index in [1.165, 1.54) is 7.11 Å². The van der Waals surface area contributed by atoms with Gasteiger partial charge in [0.25, 0.3) is 0 Å². The molecule has 0 atom stereocenters. The van der Waals surface area contributed by atoms with Gasteiger partial charge in [0, 0.05) is 11.8 Å². The molecule has 3 N–H and O–H groups in total. The third-order valence-corrected chi connectivity index (χ3v) is 3.28. The largest absolute Gasteiger partial charge is 0.464 e. The number of ether oxygens (including phenoxy) is 1. The molecule has 0 aliphatic rings. The lowest BCUT2D eigenvalue weighted by Crippen LogP contribution is -2.04. The lowest BCUT2D eigenvalue weighted by molar-refractivity contribution is 0.0596. The quantitative estimate of drug-likeness (QED) is 0.831. The maximum Gasteiger partial charge on any atom is 0.356 e. The second kappa shape index (κ2) is 4.92. The molecule has 0 aliphatic carbocycles. The van der Waals surface area contributed by atoms with Crippen molar-refractivity contribution in [2.45, 2.75) is 0 Å². The summed E-state index contributed by atoms with van der Waals surface area (Å²) in [6.07, 6.45) is 1.63. The zero-order valence-corrected chi connectivity index (χ0v) is 11.0. The Morgan fingerprint density at radius 1 is 1.33 bits per heavy atom. The predicted molar refractivity (Wildman–Crippen MR) is 72.0 cm³/mol. The van der Waals surface area contributed by atoms with Crippen molar-refractivity contribution in [2.75, 3.05) is 12.8 Å². The second-order valence-electron chi connectivity index (χ2n) is 3.61. The first kappa shape index (κ1) is 12.8. The zero-order valence-electron chi connectivity index (χ0n) is 9.46. The minimum Gasteiger partial charge on any atom is -0.464 e. The van der Waals surface area contributed by atoms with Crippen molar-refractivity contribution in [3.8, 4) is 11.1 Å². The molecule has 0 saturated carbocycles. The van der Waals surface area contributed by atoms with Crippen LogP contribution in [0.1, 0.15) is 10.5 Å². The summed E-state index contributed by atoms with van der Waals surface area (Å²) in [6.45, 7) is 0. The summed E-state index contributed by atoms with van der Waals surface area (Å²) < 4.78 is 4.61. The maximum atomic E-state index is 11.4. The highest BCUT2D eigenvalue weighted by molar-refractivity contribution is 6.42. The summed E-state index contributed by atoms with van der Waals surface area (Å²) in [4.78, 5) is 14.2. The van der Waals surface area contributed by atoms with Gasteiger partial charge in [-0.05, 0) is 17.7 Å². The Labute approximate surface area is 114 Å². The number of halogens is 2. The Kier molecular flexibility index (Phi) is 3.50. The Morgan fingerprint density at radius 3 is 2.67 bits per heavy atom. The Hall–Kier alpha value is -1.65. The number of rotatable bonds is 2. The number of nitrogens with one attached hydrogen (secondary N) is 1. The molecular weight excluding hydrogens is 275 g/mol. The number of esters is 1. The number of nitrogen functional groups attached to an aromatic ring is 1. The van der Waals surface area contributed by atoms with Gasteiger partial charge in [-0.1, -0.05) is 29.3 Å². The molecule has 0 aliphatic heterocycles. The number of anilines is 1. The average molecular weight is 285 g/mol. The molecule has 2 aromatic rings. The van der Waals surface area contributed by atoms with E-state index in [0.29, 0.717) is 21.3 Å². The van der Waals surface area contributed by atoms with Gasteiger partial charge in [0.2, 0.25) is 0 Å². The molecule has 1 aromatic carbocycles. The van der Waals surface area contributed by atoms with Crippen LogP contribution in [0.4, 0.5) is 5.69 Å². The first-order valence-corrected chi connectivity index (χ1v) is 5.80. The molecule has 94 valence electrons. The fraction of sp³-hybridized carbons (Fsp3) is 0.0833. The van der Waals surface area contributed by atoms with Crippen molar-refractivity contribution in [3.05, 3.63) is 40.1 Å². The number of hydrogen-bond acceptors (Lipinski definition) is 3. The van der Waals surface area contributed by atoms with Crippen LogP contribution in [0.2, 0.25) is 10.0 Å². The SMILES string of the molecule is COC(=O)c1[nH]cc(-c2ccc(Cl)c(Cl)c2)c1N. The molecule has 0 unspecified atom stereocenters. The normalized spacial score (nSPS) is 10.4. The number of benzene rings is 1. The molecule has 0 amide bonds. The first-order chi connectivity index (χ1) is 8.54. The van der Waals surface area contributed by atoms with Crippen molar-refractivity contribution in [1.82, 2.24) is 4.98 Å². The molecule has 4 nitrogen and oxygen atoms in total. The van der Waals surface area contributed by atoms with Crippen LogP contribution in [0.3, 0.4) is 0 Å². The second-order valence-corrected chi connectivity index (χ2v) is 4.43. The van der Waals surface area contributed by atoms with Gasteiger partial charge in [0.15, 0.2) is 0 Å². The van der Waals surface area contributed by atoms with Crippen LogP contribution in [0.25, 0.3) is 11.1 Å². The minimum atomic E-state index is -0.515. The van der Waals surface area contributed by atoms with Crippen LogP contribution >= 0.6 is 23.2 Å². The number of aromatic nitrogens is 1. The fourth-order valence-electron chi connectivity index (χ4n) is 1.61. The number of H-pyrrole nitrogens is 1. The number of aromatic amines is 1. The van der Waals surface area contributed by atoms with Crippen LogP contribution < -0.4 is 5.73 Å². The van der Waals surface area contributed by atoms with Crippen LogP contribution in [0, 0.1) is 0 Å². The third kappa shape index (κ3) is 2.17. The van der Waals surface area contributed by atoms with E-state index in [1.807, 2.05) is 0 Å². The number of methoxy groups -OCH3 is 1. The van der Waals surface area contributed by atoms with Crippen LogP contribution in [-0.4, -0.2) is 18.1 Å². The monoisotopic (exact) mass is 284 g/mol. The fourth-order valence-corrected chi connectivity index (χ4v) is 1.91. The van der Waals surface area contributed by atoms with Crippen molar-refractivity contribution in [1.29, 1.82) is 0 Å². The van der Waals surface area contributed by atoms with Crippen molar-refractivity contribution in [3.63, 3.8) is 0 Å². The number of carbonyl (C=O) groups is 1. The van der Waals surface area contributed by atoms with Gasteiger partial charge < -0.3 is 15.5 Å². The topological polar surface area (TPSA) is 68.1 Å². The molecule has 2 rings (SSSR count). The molecule has 0 radical (unpaired) electrons. The molecule has 1 heterocycles. The van der Waals surface area contributed by atoms with E-state index in [9.17, 15) is 4.79 Å². The number of carbonyl (C=O) groups excluding carboxylic acids is 1. The molecule has 0 saturated heterocycles. The van der Waals surface area contributed by atoms with E-state index in [-0.39, 0.29) is 5.69 Å². The number of hydrogen-bond donors (Lipinski definition) is 2. The summed E-state index contributed by atoms with van der Waals surface area (Å²) in [5.74, 6) is -0.515. The first-order valence-electron chi connectivity index (χ1n) is 5.05. The maximum absolute atomic E-state index is 11.4. The van der Waals surface area contributed by atoms with E-state index >= 15 is 0 Å². The Bertz CT molecular complexity index is 608. The molecular formula is C12H10Cl2N2O2. The third-order valence-electron chi connectivity index (χ3n) is 2.54. The molecule has 18 heavy (non-hydrogen) atoms. The molecule has 6 heteroatoms. The van der Waals surface area contributed by atoms with Gasteiger partial charge in [-0.15, -0.1) is 0 Å². The van der Waals surface area contributed by atoms with E-state index in [0.717, 1.165) is 5.56 Å². The van der Waals surface area contributed by atoms with E-state index in [1.54, 1.807) is 24.4 Å². The molecule has 0 spiro atoms. The summed E-state index contributed by atoms with van der Waals surface area (Å²) in [5.41, 5.74) is 7.88. The van der Waals surface area contributed by atoms with Crippen LogP contribution in [0.5, 0.6) is 0 Å². The molecule has 1 aromatic heterocycles. The van der Waals surface area contributed by atoms with E-state index < -0.39 is 5.97 Å². The van der Waals surface area contributed by atoms with E-state index in [2.05, 4.69) is 9.72 Å². The van der Waals surface area contributed by atoms with Crippen molar-refractivity contribution >= 4 is 34.9 Å². The van der Waals surface area contributed by atoms with Crippen LogP contribution in [-0.2, 0) is 4.74 Å². The van der Waals surface area contributed by atoms with Crippen molar-refractivity contribution < 1.29 is 9.53 Å². The van der Waals surface area contributed by atoms with Gasteiger partial charge >= 0.3 is 5.97 Å². The van der Waals surface area contributed by atoms with Gasteiger partial charge in [0.1, 0.15) is 5.69 Å². The van der Waals surface area contributed by atoms with Gasteiger partial charge in [0.05, 0.1) is 22.8 Å². The zero-order chi connectivity index (χ0) is 13.3. The van der Waals surface area contributed by atoms with Gasteiger partial charge in [-0.2, -0.15) is 0 Å². The molecule has 0 fully saturated rings. The predicted octanol–water partition coefficient (Wildman–Crippen LogP) is 3.36. The smallest absolute Gasteiger partial charge is 0.356 e. The molecule has 0 bridgehead atoms.